The van der Waals surface area contributed by atoms with Crippen molar-refractivity contribution in [1.29, 1.82) is 0 Å². The van der Waals surface area contributed by atoms with Gasteiger partial charge in [-0.15, -0.1) is 0 Å². The lowest BCUT2D eigenvalue weighted by Gasteiger charge is -2.26. The van der Waals surface area contributed by atoms with Gasteiger partial charge in [0.05, 0.1) is 11.4 Å². The molecule has 1 atom stereocenters. The molecule has 0 fully saturated rings. The van der Waals surface area contributed by atoms with E-state index in [2.05, 4.69) is 20.1 Å². The summed E-state index contributed by atoms with van der Waals surface area (Å²) in [7, 11) is 0. The van der Waals surface area contributed by atoms with Gasteiger partial charge in [0.25, 0.3) is 0 Å². The zero-order valence-electron chi connectivity index (χ0n) is 13.8. The van der Waals surface area contributed by atoms with E-state index in [1.165, 1.54) is 12.1 Å². The monoisotopic (exact) mass is 349 g/mol. The molecule has 3 N–H and O–H groups in total. The molecular formula is C19H16FN5O. The van der Waals surface area contributed by atoms with E-state index in [0.29, 0.717) is 24.1 Å². The Morgan fingerprint density at radius 1 is 1.15 bits per heavy atom. The molecule has 0 amide bonds. The Morgan fingerprint density at radius 3 is 2.81 bits per heavy atom. The summed E-state index contributed by atoms with van der Waals surface area (Å²) in [6.45, 7) is 0. The van der Waals surface area contributed by atoms with E-state index in [1.807, 2.05) is 12.1 Å². The molecule has 4 rings (SSSR count). The van der Waals surface area contributed by atoms with Gasteiger partial charge < -0.3 is 10.9 Å². The highest BCUT2D eigenvalue weighted by atomic mass is 19.1. The molecule has 0 bridgehead atoms. The maximum absolute atomic E-state index is 13.9. The number of nitrogens with two attached hydrogens (primary N) is 1. The second-order valence-corrected chi connectivity index (χ2v) is 6.21. The molecule has 1 aromatic carbocycles. The Bertz CT molecular complexity index is 990. The van der Waals surface area contributed by atoms with Crippen LogP contribution in [0.5, 0.6) is 0 Å². The second-order valence-electron chi connectivity index (χ2n) is 6.21. The van der Waals surface area contributed by atoms with E-state index >= 15 is 0 Å². The third-order valence-corrected chi connectivity index (χ3v) is 4.63. The maximum atomic E-state index is 13.9. The molecule has 2 aromatic heterocycles. The van der Waals surface area contributed by atoms with Gasteiger partial charge in [0.15, 0.2) is 0 Å². The van der Waals surface area contributed by atoms with Gasteiger partial charge in [-0.1, -0.05) is 17.3 Å². The largest absolute Gasteiger partial charge is 0.411 e. The van der Waals surface area contributed by atoms with Crippen molar-refractivity contribution in [3.8, 4) is 11.1 Å². The van der Waals surface area contributed by atoms with Gasteiger partial charge >= 0.3 is 0 Å². The van der Waals surface area contributed by atoms with Crippen molar-refractivity contribution in [3.63, 3.8) is 0 Å². The first kappa shape index (κ1) is 16.1. The zero-order chi connectivity index (χ0) is 18.1. The number of anilines is 1. The van der Waals surface area contributed by atoms with E-state index in [-0.39, 0.29) is 17.7 Å². The molecule has 0 saturated carbocycles. The highest BCUT2D eigenvalue weighted by Crippen LogP contribution is 2.37. The summed E-state index contributed by atoms with van der Waals surface area (Å²) in [5, 5.41) is 12.9. The van der Waals surface area contributed by atoms with Crippen LogP contribution >= 0.6 is 0 Å². The minimum Gasteiger partial charge on any atom is -0.411 e. The normalized spacial score (nSPS) is 17.9. The SMILES string of the molecule is Nc1ncc2c(n1)CC(c1ccc(F)cc1-c1cccnc1)C/C2=N/O. The minimum atomic E-state index is -0.313. The quantitative estimate of drug-likeness (QED) is 0.547. The summed E-state index contributed by atoms with van der Waals surface area (Å²) >= 11 is 0. The molecule has 0 spiro atoms. The molecule has 130 valence electrons. The van der Waals surface area contributed by atoms with Gasteiger partial charge in [0.1, 0.15) is 5.82 Å². The molecular weight excluding hydrogens is 333 g/mol. The second kappa shape index (κ2) is 6.51. The molecule has 1 aliphatic rings. The topological polar surface area (TPSA) is 97.3 Å². The standard InChI is InChI=1S/C19H16FN5O/c20-13-3-4-14(15(8-13)11-2-1-5-22-9-11)12-6-17-16(18(7-12)25-26)10-23-19(21)24-17/h1-5,8-10,12,26H,6-7H2,(H2,21,23,24)/b25-18-. The number of rotatable bonds is 2. The minimum absolute atomic E-state index is 0.0292. The van der Waals surface area contributed by atoms with Gasteiger partial charge in [-0.2, -0.15) is 0 Å². The van der Waals surface area contributed by atoms with Crippen LogP contribution in [-0.4, -0.2) is 25.9 Å². The Hall–Kier alpha value is -3.35. The number of hydrogen-bond donors (Lipinski definition) is 2. The molecule has 1 unspecified atom stereocenters. The predicted molar refractivity (Wildman–Crippen MR) is 95.5 cm³/mol. The van der Waals surface area contributed by atoms with Crippen LogP contribution in [0.1, 0.15) is 29.2 Å². The average molecular weight is 349 g/mol. The van der Waals surface area contributed by atoms with E-state index in [1.54, 1.807) is 24.7 Å². The molecule has 2 heterocycles. The van der Waals surface area contributed by atoms with Crippen molar-refractivity contribution < 1.29 is 9.60 Å². The van der Waals surface area contributed by atoms with E-state index in [4.69, 9.17) is 5.73 Å². The maximum Gasteiger partial charge on any atom is 0.220 e. The predicted octanol–water partition coefficient (Wildman–Crippen LogP) is 3.17. The fraction of sp³-hybridized carbons (Fsp3) is 0.158. The van der Waals surface area contributed by atoms with Crippen molar-refractivity contribution in [2.75, 3.05) is 5.73 Å². The number of aromatic nitrogens is 3. The van der Waals surface area contributed by atoms with Crippen LogP contribution in [0.2, 0.25) is 0 Å². The van der Waals surface area contributed by atoms with E-state index in [0.717, 1.165) is 22.4 Å². The fourth-order valence-corrected chi connectivity index (χ4v) is 3.45. The summed E-state index contributed by atoms with van der Waals surface area (Å²) < 4.78 is 13.9. The van der Waals surface area contributed by atoms with Gasteiger partial charge in [0, 0.05) is 36.1 Å². The number of fused-ring (bicyclic) bond motifs is 1. The van der Waals surface area contributed by atoms with Crippen LogP contribution in [0.25, 0.3) is 11.1 Å². The van der Waals surface area contributed by atoms with E-state index in [9.17, 15) is 9.60 Å². The molecule has 7 heteroatoms. The summed E-state index contributed by atoms with van der Waals surface area (Å²) in [5.74, 6) is -0.168. The third kappa shape index (κ3) is 2.88. The Kier molecular flexibility index (Phi) is 4.04. The smallest absolute Gasteiger partial charge is 0.220 e. The summed E-state index contributed by atoms with van der Waals surface area (Å²) in [6, 6.07) is 8.42. The summed E-state index contributed by atoms with van der Waals surface area (Å²) in [5.41, 5.74) is 10.2. The van der Waals surface area contributed by atoms with Gasteiger partial charge in [0.2, 0.25) is 5.95 Å². The van der Waals surface area contributed by atoms with Crippen LogP contribution in [0.15, 0.2) is 54.1 Å². The van der Waals surface area contributed by atoms with Crippen LogP contribution in [0, 0.1) is 5.82 Å². The van der Waals surface area contributed by atoms with Crippen molar-refractivity contribution in [1.82, 2.24) is 15.0 Å². The number of nitrogen functional groups attached to an aromatic ring is 1. The number of oxime groups is 1. The Balaban J connectivity index is 1.82. The van der Waals surface area contributed by atoms with Crippen LogP contribution < -0.4 is 5.73 Å². The summed E-state index contributed by atoms with van der Waals surface area (Å²) in [6.07, 6.45) is 6.05. The molecule has 0 radical (unpaired) electrons. The van der Waals surface area contributed by atoms with Crippen LogP contribution in [-0.2, 0) is 6.42 Å². The van der Waals surface area contributed by atoms with Gasteiger partial charge in [-0.25, -0.2) is 14.4 Å². The first-order chi connectivity index (χ1) is 12.7. The van der Waals surface area contributed by atoms with Crippen LogP contribution in [0.3, 0.4) is 0 Å². The lowest BCUT2D eigenvalue weighted by molar-refractivity contribution is 0.316. The highest BCUT2D eigenvalue weighted by molar-refractivity contribution is 6.02. The summed E-state index contributed by atoms with van der Waals surface area (Å²) in [4.78, 5) is 12.4. The average Bonchev–Trinajstić information content (AvgIpc) is 2.67. The van der Waals surface area contributed by atoms with Crippen molar-refractivity contribution >= 4 is 11.7 Å². The number of hydrogen-bond acceptors (Lipinski definition) is 6. The van der Waals surface area contributed by atoms with E-state index < -0.39 is 0 Å². The zero-order valence-corrected chi connectivity index (χ0v) is 13.8. The first-order valence-corrected chi connectivity index (χ1v) is 8.18. The molecule has 0 aliphatic heterocycles. The lowest BCUT2D eigenvalue weighted by atomic mass is 9.79. The molecule has 3 aromatic rings. The van der Waals surface area contributed by atoms with Gasteiger partial charge in [-0.05, 0) is 41.7 Å². The highest BCUT2D eigenvalue weighted by Gasteiger charge is 2.29. The third-order valence-electron chi connectivity index (χ3n) is 4.63. The molecule has 6 nitrogen and oxygen atoms in total. The lowest BCUT2D eigenvalue weighted by Crippen LogP contribution is -2.22. The molecule has 26 heavy (non-hydrogen) atoms. The Labute approximate surface area is 149 Å². The van der Waals surface area contributed by atoms with Crippen molar-refractivity contribution in [2.24, 2.45) is 5.16 Å². The number of nitrogens with zero attached hydrogens (tertiary/aromatic N) is 4. The number of benzene rings is 1. The van der Waals surface area contributed by atoms with Crippen LogP contribution in [0.4, 0.5) is 10.3 Å². The Morgan fingerprint density at radius 2 is 2.04 bits per heavy atom. The van der Waals surface area contributed by atoms with Crippen molar-refractivity contribution in [3.05, 3.63) is 71.6 Å². The van der Waals surface area contributed by atoms with Gasteiger partial charge in [-0.3, -0.25) is 4.98 Å². The number of pyridine rings is 1. The number of halogens is 1. The van der Waals surface area contributed by atoms with Crippen molar-refractivity contribution in [2.45, 2.75) is 18.8 Å². The molecule has 0 saturated heterocycles. The molecule has 1 aliphatic carbocycles. The first-order valence-electron chi connectivity index (χ1n) is 8.18. The fourth-order valence-electron chi connectivity index (χ4n) is 3.45.